The number of hydrogen-bond donors (Lipinski definition) is 2. The quantitative estimate of drug-likeness (QED) is 0.0607. The summed E-state index contributed by atoms with van der Waals surface area (Å²) in [6.45, 7) is 0.185. The molecule has 0 spiro atoms. The first kappa shape index (κ1) is 45.7. The average molecular weight is 986 g/mol. The second-order valence-corrected chi connectivity index (χ2v) is 21.9. The Balaban J connectivity index is 0.00000182. The summed E-state index contributed by atoms with van der Waals surface area (Å²) < 4.78 is 2.51. The molecule has 2 aromatic carbocycles. The number of thiazole rings is 1. The molecule has 18 heteroatoms. The highest BCUT2D eigenvalue weighted by Crippen LogP contribution is 2.54. The van der Waals surface area contributed by atoms with E-state index in [1.807, 2.05) is 46.2 Å². The molecule has 2 fully saturated rings. The Morgan fingerprint density at radius 3 is 2.16 bits per heavy atom. The normalized spacial score (nSPS) is 17.7. The number of thiocarbonyl (C=S) groups is 1. The summed E-state index contributed by atoms with van der Waals surface area (Å²) in [6, 6.07) is 28.9. The number of thiophene rings is 3. The molecule has 1 aliphatic carbocycles. The van der Waals surface area contributed by atoms with Gasteiger partial charge in [-0.25, -0.2) is 0 Å². The van der Waals surface area contributed by atoms with Gasteiger partial charge in [-0.2, -0.15) is 9.59 Å². The molecule has 0 bridgehead atoms. The zero-order chi connectivity index (χ0) is 45.1. The van der Waals surface area contributed by atoms with Crippen LogP contribution in [0.25, 0.3) is 40.9 Å². The van der Waals surface area contributed by atoms with Crippen LogP contribution in [0.2, 0.25) is 0 Å². The van der Waals surface area contributed by atoms with Gasteiger partial charge < -0.3 is 15.1 Å². The third-order valence-electron chi connectivity index (χ3n) is 11.2. The number of carboxylic acid groups (broad SMARTS) is 2. The van der Waals surface area contributed by atoms with Crippen molar-refractivity contribution in [1.29, 1.82) is 0 Å². The summed E-state index contributed by atoms with van der Waals surface area (Å²) in [5.74, 6) is -1.94. The van der Waals surface area contributed by atoms with Crippen molar-refractivity contribution in [3.8, 4) is 29.9 Å². The highest BCUT2D eigenvalue weighted by molar-refractivity contribution is 8.30. The standard InChI is InChI=1S/C45H39N3O6S7.CO2/c1-56-27-11-9-26(10-12-27)32-14-15-33(57-32)34-16-17-35(58-34)36-18-19-38(59-36)48-30-6-4-5-28(30)29-23-25(8-13-31(29)48)24-37-42(53)46(22-20-40(51)52)44(60-37)41-43(54)47(45(55)61-41)21-3-2-7-39(49)50;2-1-3/h8-19,23-24,28,30H,2-7,20-22H2,1H3,(H,49,50)(H,51,52);/b37-24-,44-41+;. The van der Waals surface area contributed by atoms with Crippen LogP contribution in [0.4, 0.5) is 10.7 Å². The van der Waals surface area contributed by atoms with Crippen LogP contribution in [0.3, 0.4) is 0 Å². The van der Waals surface area contributed by atoms with Gasteiger partial charge in [-0.1, -0.05) is 48.6 Å². The van der Waals surface area contributed by atoms with Crippen LogP contribution >= 0.6 is 81.1 Å². The Bertz CT molecular complexity index is 2990. The third kappa shape index (κ3) is 9.56. The monoisotopic (exact) mass is 985 g/mol. The van der Waals surface area contributed by atoms with Crippen molar-refractivity contribution in [1.82, 2.24) is 9.47 Å². The Kier molecular flexibility index (Phi) is 14.3. The highest BCUT2D eigenvalue weighted by Gasteiger charge is 2.42. The molecular weight excluding hydrogens is 947 g/mol. The lowest BCUT2D eigenvalue weighted by Gasteiger charge is -2.25. The number of anilines is 2. The Hall–Kier alpha value is -4.91. The minimum absolute atomic E-state index is 0.00211. The molecule has 1 saturated carbocycles. The van der Waals surface area contributed by atoms with Crippen LogP contribution in [0, 0.1) is 0 Å². The third-order valence-corrected chi connectivity index (χ3v) is 18.4. The van der Waals surface area contributed by atoms with E-state index in [0.29, 0.717) is 38.3 Å². The van der Waals surface area contributed by atoms with Crippen LogP contribution in [0.15, 0.2) is 88.6 Å². The molecule has 3 aliphatic rings. The minimum Gasteiger partial charge on any atom is -0.481 e. The maximum absolute atomic E-state index is 13.9. The molecule has 11 nitrogen and oxygen atoms in total. The number of aromatic nitrogens is 1. The van der Waals surface area contributed by atoms with E-state index >= 15 is 0 Å². The van der Waals surface area contributed by atoms with E-state index in [4.69, 9.17) is 26.9 Å². The first-order valence-corrected chi connectivity index (χ1v) is 26.0. The van der Waals surface area contributed by atoms with Crippen molar-refractivity contribution in [3.05, 3.63) is 110 Å². The first-order chi connectivity index (χ1) is 31.0. The number of thioether (sulfide) groups is 2. The highest BCUT2D eigenvalue weighted by atomic mass is 32.2. The van der Waals surface area contributed by atoms with Crippen molar-refractivity contribution < 1.29 is 34.2 Å². The molecule has 328 valence electrons. The van der Waals surface area contributed by atoms with E-state index in [0.717, 1.165) is 36.6 Å². The number of amides is 1. The minimum atomic E-state index is -1.05. The summed E-state index contributed by atoms with van der Waals surface area (Å²) in [5.41, 5.74) is 4.22. The molecule has 6 aromatic rings. The molecule has 6 heterocycles. The lowest BCUT2D eigenvalue weighted by atomic mass is 9.96. The average Bonchev–Trinajstić information content (AvgIpc) is 4.15. The fourth-order valence-electron chi connectivity index (χ4n) is 8.34. The molecule has 2 unspecified atom stereocenters. The largest absolute Gasteiger partial charge is 0.481 e. The van der Waals surface area contributed by atoms with E-state index in [1.54, 1.807) is 11.8 Å². The first-order valence-electron chi connectivity index (χ1n) is 20.3. The maximum Gasteiger partial charge on any atom is 0.373 e. The van der Waals surface area contributed by atoms with Gasteiger partial charge in [0.05, 0.1) is 16.0 Å². The van der Waals surface area contributed by atoms with Gasteiger partial charge in [-0.3, -0.25) is 28.6 Å². The molecule has 2 atom stereocenters. The zero-order valence-electron chi connectivity index (χ0n) is 34.1. The smallest absolute Gasteiger partial charge is 0.373 e. The molecule has 2 N–H and O–H groups in total. The number of carbonyl (C=O) groups is 3. The number of carboxylic acids is 2. The predicted molar refractivity (Wildman–Crippen MR) is 263 cm³/mol. The van der Waals surface area contributed by atoms with Crippen molar-refractivity contribution in [2.75, 3.05) is 17.7 Å². The summed E-state index contributed by atoms with van der Waals surface area (Å²) in [4.78, 5) is 78.2. The predicted octanol–water partition coefficient (Wildman–Crippen LogP) is 9.55. The molecular formula is C46H39N3O8S7. The molecule has 64 heavy (non-hydrogen) atoms. The van der Waals surface area contributed by atoms with Gasteiger partial charge in [0, 0.05) is 66.4 Å². The Labute approximate surface area is 397 Å². The van der Waals surface area contributed by atoms with Gasteiger partial charge in [-0.05, 0) is 115 Å². The van der Waals surface area contributed by atoms with Crippen LogP contribution in [0.5, 0.6) is 0 Å². The molecule has 1 saturated heterocycles. The summed E-state index contributed by atoms with van der Waals surface area (Å²) in [7, 11) is 0. The number of aliphatic carboxylic acids is 2. The summed E-state index contributed by atoms with van der Waals surface area (Å²) in [5, 5.41) is 19.7. The zero-order valence-corrected chi connectivity index (χ0v) is 39.9. The van der Waals surface area contributed by atoms with E-state index < -0.39 is 11.9 Å². The van der Waals surface area contributed by atoms with E-state index in [-0.39, 0.29) is 48.5 Å². The van der Waals surface area contributed by atoms with Crippen LogP contribution < -0.4 is 19.7 Å². The lowest BCUT2D eigenvalue weighted by molar-refractivity contribution is -0.191. The fourth-order valence-corrected chi connectivity index (χ4v) is 14.6. The fraction of sp³-hybridized carbons (Fsp3) is 0.261. The second-order valence-electron chi connectivity index (χ2n) is 15.1. The van der Waals surface area contributed by atoms with Crippen molar-refractivity contribution in [2.45, 2.75) is 68.3 Å². The molecule has 1 amide bonds. The number of carbonyl (C=O) groups excluding carboxylic acids is 3. The van der Waals surface area contributed by atoms with Gasteiger partial charge in [0.2, 0.25) is 0 Å². The van der Waals surface area contributed by atoms with Gasteiger partial charge in [0.15, 0.2) is 0 Å². The summed E-state index contributed by atoms with van der Waals surface area (Å²) >= 11 is 15.0. The SMILES string of the molecule is CSc1ccc(-c2ccc(-c3ccc(-c4ccc(N5c6ccc(/C=c7\s/c(=C8/SC(=S)N(CCCCC(=O)O)C8=O)n(CCC(=O)O)c7=O)cc6C6CCCC65)s4)s3)s2)cc1.O=C=O. The number of unbranched alkanes of at least 4 members (excludes halogenated alkanes) is 1. The van der Waals surface area contributed by atoms with E-state index in [1.165, 1.54) is 71.9 Å². The van der Waals surface area contributed by atoms with Gasteiger partial charge in [0.1, 0.15) is 13.9 Å². The molecule has 0 radical (unpaired) electrons. The number of rotatable bonds is 14. The molecule has 2 aliphatic heterocycles. The lowest BCUT2D eigenvalue weighted by Crippen LogP contribution is -2.34. The number of hydrogen-bond acceptors (Lipinski definition) is 14. The maximum atomic E-state index is 13.9. The van der Waals surface area contributed by atoms with Crippen molar-refractivity contribution >= 4 is 131 Å². The second kappa shape index (κ2) is 20.1. The van der Waals surface area contributed by atoms with Gasteiger partial charge in [0.25, 0.3) is 11.5 Å². The van der Waals surface area contributed by atoms with E-state index in [2.05, 4.69) is 84.0 Å². The molecule has 4 aromatic heterocycles. The molecule has 9 rings (SSSR count). The van der Waals surface area contributed by atoms with Crippen molar-refractivity contribution in [3.63, 3.8) is 0 Å². The van der Waals surface area contributed by atoms with Gasteiger partial charge in [-0.15, -0.1) is 57.1 Å². The topological polar surface area (TPSA) is 154 Å². The Morgan fingerprint density at radius 1 is 0.812 bits per heavy atom. The van der Waals surface area contributed by atoms with Crippen LogP contribution in [0.1, 0.15) is 62.0 Å². The number of fused-ring (bicyclic) bond motifs is 3. The van der Waals surface area contributed by atoms with Crippen LogP contribution in [-0.2, 0) is 30.5 Å². The summed E-state index contributed by atoms with van der Waals surface area (Å²) in [6.07, 6.45) is 8.11. The Morgan fingerprint density at radius 2 is 1.47 bits per heavy atom. The van der Waals surface area contributed by atoms with Gasteiger partial charge >= 0.3 is 18.1 Å². The number of benzene rings is 2. The van der Waals surface area contributed by atoms with E-state index in [9.17, 15) is 24.3 Å². The van der Waals surface area contributed by atoms with Crippen molar-refractivity contribution in [2.24, 2.45) is 0 Å². The number of nitrogens with zero attached hydrogens (tertiary/aromatic N) is 3. The van der Waals surface area contributed by atoms with Crippen LogP contribution in [-0.4, -0.2) is 66.8 Å².